The van der Waals surface area contributed by atoms with Crippen LogP contribution in [0.1, 0.15) is 38.3 Å². The van der Waals surface area contributed by atoms with Gasteiger partial charge in [0, 0.05) is 18.2 Å². The lowest BCUT2D eigenvalue weighted by molar-refractivity contribution is 0.366. The van der Waals surface area contributed by atoms with Gasteiger partial charge in [-0.1, -0.05) is 13.8 Å². The normalized spacial score (nSPS) is 12.6. The summed E-state index contributed by atoms with van der Waals surface area (Å²) in [6.45, 7) is 4.33. The van der Waals surface area contributed by atoms with Crippen LogP contribution in [-0.2, 0) is 0 Å². The number of phenolic OH excluding ortho intramolecular Hbond substituents is 1. The molecule has 0 saturated heterocycles. The summed E-state index contributed by atoms with van der Waals surface area (Å²) in [5, 5.41) is 9.58. The zero-order valence-corrected chi connectivity index (χ0v) is 11.6. The molecule has 1 aromatic rings. The number of phenols is 1. The molecular weight excluding hydrogens is 230 g/mol. The van der Waals surface area contributed by atoms with E-state index in [4.69, 9.17) is 15.2 Å². The number of ether oxygens (including phenoxy) is 2. The molecule has 4 heteroatoms. The molecule has 0 radical (unpaired) electrons. The Morgan fingerprint density at radius 1 is 1.11 bits per heavy atom. The van der Waals surface area contributed by atoms with Gasteiger partial charge in [-0.3, -0.25) is 0 Å². The predicted octanol–water partition coefficient (Wildman–Crippen LogP) is 2.85. The third kappa shape index (κ3) is 3.53. The number of methoxy groups -OCH3 is 2. The van der Waals surface area contributed by atoms with Gasteiger partial charge in [0.05, 0.1) is 19.8 Å². The van der Waals surface area contributed by atoms with Crippen LogP contribution in [0.5, 0.6) is 17.2 Å². The van der Waals surface area contributed by atoms with Crippen molar-refractivity contribution in [3.8, 4) is 17.2 Å². The van der Waals surface area contributed by atoms with E-state index in [-0.39, 0.29) is 11.8 Å². The van der Waals surface area contributed by atoms with Crippen LogP contribution in [0.2, 0.25) is 0 Å². The molecule has 0 spiro atoms. The average Bonchev–Trinajstić information content (AvgIpc) is 2.34. The molecule has 3 N–H and O–H groups in total. The molecule has 0 amide bonds. The fourth-order valence-corrected chi connectivity index (χ4v) is 1.95. The Balaban J connectivity index is 3.04. The first-order chi connectivity index (χ1) is 8.49. The van der Waals surface area contributed by atoms with Crippen molar-refractivity contribution in [1.82, 2.24) is 0 Å². The summed E-state index contributed by atoms with van der Waals surface area (Å²) in [7, 11) is 3.12. The molecule has 0 aliphatic heterocycles. The van der Waals surface area contributed by atoms with E-state index in [1.54, 1.807) is 26.4 Å². The predicted molar refractivity (Wildman–Crippen MR) is 72.2 cm³/mol. The highest BCUT2D eigenvalue weighted by molar-refractivity contribution is 5.51. The monoisotopic (exact) mass is 253 g/mol. The van der Waals surface area contributed by atoms with Gasteiger partial charge in [-0.2, -0.15) is 0 Å². The van der Waals surface area contributed by atoms with Crippen LogP contribution in [0.3, 0.4) is 0 Å². The van der Waals surface area contributed by atoms with Gasteiger partial charge >= 0.3 is 0 Å². The summed E-state index contributed by atoms with van der Waals surface area (Å²) in [6, 6.07) is 2.97. The highest BCUT2D eigenvalue weighted by atomic mass is 16.5. The molecule has 0 heterocycles. The standard InChI is InChI=1S/C14H23NO3/c1-9(2)5-6-11(15)14-12(17-3)7-10(16)8-13(14)18-4/h7-9,11,16H,5-6,15H2,1-4H3/t11-/m0/s1. The molecule has 0 unspecified atom stereocenters. The van der Waals surface area contributed by atoms with E-state index in [2.05, 4.69) is 13.8 Å². The number of nitrogens with two attached hydrogens (primary N) is 1. The van der Waals surface area contributed by atoms with Gasteiger partial charge in [-0.15, -0.1) is 0 Å². The van der Waals surface area contributed by atoms with Crippen molar-refractivity contribution in [3.05, 3.63) is 17.7 Å². The molecule has 0 aromatic heterocycles. The van der Waals surface area contributed by atoms with Gasteiger partial charge in [0.25, 0.3) is 0 Å². The van der Waals surface area contributed by atoms with Crippen molar-refractivity contribution in [2.45, 2.75) is 32.7 Å². The van der Waals surface area contributed by atoms with Crippen molar-refractivity contribution in [1.29, 1.82) is 0 Å². The number of benzene rings is 1. The summed E-state index contributed by atoms with van der Waals surface area (Å²) in [5.74, 6) is 1.86. The lowest BCUT2D eigenvalue weighted by Crippen LogP contribution is -2.14. The average molecular weight is 253 g/mol. The van der Waals surface area contributed by atoms with E-state index >= 15 is 0 Å². The van der Waals surface area contributed by atoms with Crippen LogP contribution in [-0.4, -0.2) is 19.3 Å². The first-order valence-electron chi connectivity index (χ1n) is 6.20. The Labute approximate surface area is 109 Å². The van der Waals surface area contributed by atoms with Crippen molar-refractivity contribution < 1.29 is 14.6 Å². The van der Waals surface area contributed by atoms with Crippen molar-refractivity contribution >= 4 is 0 Å². The quantitative estimate of drug-likeness (QED) is 0.818. The number of rotatable bonds is 6. The molecule has 0 bridgehead atoms. The maximum atomic E-state index is 9.58. The maximum absolute atomic E-state index is 9.58. The van der Waals surface area contributed by atoms with Gasteiger partial charge in [-0.05, 0) is 18.8 Å². The largest absolute Gasteiger partial charge is 0.508 e. The molecule has 0 saturated carbocycles. The molecule has 0 aliphatic carbocycles. The van der Waals surface area contributed by atoms with E-state index in [1.807, 2.05) is 0 Å². The Hall–Kier alpha value is -1.42. The van der Waals surface area contributed by atoms with Gasteiger partial charge in [0.1, 0.15) is 17.2 Å². The second-order valence-corrected chi connectivity index (χ2v) is 4.84. The summed E-state index contributed by atoms with van der Waals surface area (Å²) < 4.78 is 10.6. The van der Waals surface area contributed by atoms with Gasteiger partial charge < -0.3 is 20.3 Å². The molecule has 0 fully saturated rings. The van der Waals surface area contributed by atoms with E-state index in [0.717, 1.165) is 18.4 Å². The van der Waals surface area contributed by atoms with E-state index in [1.165, 1.54) is 0 Å². The molecule has 18 heavy (non-hydrogen) atoms. The Morgan fingerprint density at radius 2 is 1.61 bits per heavy atom. The van der Waals surface area contributed by atoms with Crippen molar-refractivity contribution in [2.24, 2.45) is 11.7 Å². The fourth-order valence-electron chi connectivity index (χ4n) is 1.95. The third-order valence-electron chi connectivity index (χ3n) is 2.95. The lowest BCUT2D eigenvalue weighted by atomic mass is 9.96. The zero-order valence-electron chi connectivity index (χ0n) is 11.6. The van der Waals surface area contributed by atoms with Gasteiger partial charge in [0.15, 0.2) is 0 Å². The minimum Gasteiger partial charge on any atom is -0.508 e. The van der Waals surface area contributed by atoms with Gasteiger partial charge in [-0.25, -0.2) is 0 Å². The van der Waals surface area contributed by atoms with Crippen LogP contribution in [0.25, 0.3) is 0 Å². The highest BCUT2D eigenvalue weighted by Gasteiger charge is 2.19. The first-order valence-corrected chi connectivity index (χ1v) is 6.20. The van der Waals surface area contributed by atoms with E-state index < -0.39 is 0 Å². The van der Waals surface area contributed by atoms with Crippen LogP contribution < -0.4 is 15.2 Å². The molecule has 4 nitrogen and oxygen atoms in total. The highest BCUT2D eigenvalue weighted by Crippen LogP contribution is 2.38. The molecule has 102 valence electrons. The molecular formula is C14H23NO3. The lowest BCUT2D eigenvalue weighted by Gasteiger charge is -2.20. The number of aromatic hydroxyl groups is 1. The minimum absolute atomic E-state index is 0.114. The minimum atomic E-state index is -0.155. The van der Waals surface area contributed by atoms with Crippen LogP contribution in [0, 0.1) is 5.92 Å². The van der Waals surface area contributed by atoms with Crippen LogP contribution in [0.4, 0.5) is 0 Å². The summed E-state index contributed by atoms with van der Waals surface area (Å²) >= 11 is 0. The summed E-state index contributed by atoms with van der Waals surface area (Å²) in [4.78, 5) is 0. The fraction of sp³-hybridized carbons (Fsp3) is 0.571. The molecule has 1 rings (SSSR count). The Kier molecular flexibility index (Phi) is 5.28. The Morgan fingerprint density at radius 3 is 2.00 bits per heavy atom. The molecule has 1 aromatic carbocycles. The number of hydrogen-bond donors (Lipinski definition) is 2. The van der Waals surface area contributed by atoms with Crippen molar-refractivity contribution in [3.63, 3.8) is 0 Å². The zero-order chi connectivity index (χ0) is 13.7. The Bertz CT molecular complexity index is 366. The SMILES string of the molecule is COc1cc(O)cc(OC)c1[C@@H](N)CCC(C)C. The van der Waals surface area contributed by atoms with Crippen LogP contribution >= 0.6 is 0 Å². The summed E-state index contributed by atoms with van der Waals surface area (Å²) in [6.07, 6.45) is 1.89. The molecule has 1 atom stereocenters. The van der Waals surface area contributed by atoms with Gasteiger partial charge in [0.2, 0.25) is 0 Å². The van der Waals surface area contributed by atoms with Crippen LogP contribution in [0.15, 0.2) is 12.1 Å². The topological polar surface area (TPSA) is 64.7 Å². The van der Waals surface area contributed by atoms with E-state index in [9.17, 15) is 5.11 Å². The maximum Gasteiger partial charge on any atom is 0.131 e. The van der Waals surface area contributed by atoms with E-state index in [0.29, 0.717) is 17.4 Å². The van der Waals surface area contributed by atoms with Crippen molar-refractivity contribution in [2.75, 3.05) is 14.2 Å². The smallest absolute Gasteiger partial charge is 0.131 e. The second kappa shape index (κ2) is 6.50. The number of hydrogen-bond acceptors (Lipinski definition) is 4. The molecule has 0 aliphatic rings. The second-order valence-electron chi connectivity index (χ2n) is 4.84. The first kappa shape index (κ1) is 14.6. The summed E-state index contributed by atoms with van der Waals surface area (Å²) in [5.41, 5.74) is 7.02. The third-order valence-corrected chi connectivity index (χ3v) is 2.95.